The summed E-state index contributed by atoms with van der Waals surface area (Å²) in [5, 5.41) is 19.5. The summed E-state index contributed by atoms with van der Waals surface area (Å²) >= 11 is 0. The van der Waals surface area contributed by atoms with Crippen molar-refractivity contribution in [2.45, 2.75) is 43.5 Å². The lowest BCUT2D eigenvalue weighted by molar-refractivity contribution is -0.392. The lowest BCUT2D eigenvalue weighted by atomic mass is 9.89. The maximum absolute atomic E-state index is 11.3. The molecule has 0 atom stereocenters. The van der Waals surface area contributed by atoms with Gasteiger partial charge in [-0.1, -0.05) is 19.3 Å². The molecule has 9 heteroatoms. The Morgan fingerprint density at radius 1 is 1.42 bits per heavy atom. The summed E-state index contributed by atoms with van der Waals surface area (Å²) in [6.07, 6.45) is 6.71. The number of nitro groups is 1. The first-order valence-electron chi connectivity index (χ1n) is 6.12. The van der Waals surface area contributed by atoms with E-state index < -0.39 is 25.7 Å². The molecule has 1 fully saturated rings. The van der Waals surface area contributed by atoms with Crippen LogP contribution in [0.1, 0.15) is 32.1 Å². The molecule has 1 aliphatic carbocycles. The second-order valence-corrected chi connectivity index (χ2v) is 6.37. The van der Waals surface area contributed by atoms with Crippen molar-refractivity contribution in [3.05, 3.63) is 16.3 Å². The average Bonchev–Trinajstić information content (AvgIpc) is 2.74. The van der Waals surface area contributed by atoms with Crippen LogP contribution in [0.25, 0.3) is 0 Å². The highest BCUT2D eigenvalue weighted by Crippen LogP contribution is 2.26. The van der Waals surface area contributed by atoms with E-state index in [0.29, 0.717) is 12.5 Å². The number of rotatable bonds is 4. The van der Waals surface area contributed by atoms with Crippen LogP contribution in [-0.2, 0) is 16.6 Å². The van der Waals surface area contributed by atoms with Gasteiger partial charge in [0.2, 0.25) is 14.9 Å². The van der Waals surface area contributed by atoms with E-state index in [1.807, 2.05) is 0 Å². The van der Waals surface area contributed by atoms with Gasteiger partial charge >= 0.3 is 5.82 Å². The number of primary sulfonamides is 1. The monoisotopic (exact) mass is 288 g/mol. The van der Waals surface area contributed by atoms with Crippen LogP contribution < -0.4 is 5.14 Å². The van der Waals surface area contributed by atoms with Crippen LogP contribution >= 0.6 is 0 Å². The number of nitrogens with zero attached hydrogens (tertiary/aromatic N) is 3. The molecule has 106 valence electrons. The van der Waals surface area contributed by atoms with E-state index >= 15 is 0 Å². The fourth-order valence-electron chi connectivity index (χ4n) is 2.45. The Labute approximate surface area is 110 Å². The predicted octanol–water partition coefficient (Wildman–Crippen LogP) is 1.02. The van der Waals surface area contributed by atoms with Crippen LogP contribution in [0.15, 0.2) is 11.1 Å². The van der Waals surface area contributed by atoms with Crippen LogP contribution in [-0.4, -0.2) is 23.1 Å². The molecule has 1 aromatic rings. The number of aromatic nitrogens is 2. The maximum Gasteiger partial charge on any atom is 0.410 e. The molecule has 0 bridgehead atoms. The van der Waals surface area contributed by atoms with Crippen LogP contribution in [0.5, 0.6) is 0 Å². The van der Waals surface area contributed by atoms with Gasteiger partial charge < -0.3 is 10.1 Å². The molecule has 19 heavy (non-hydrogen) atoms. The van der Waals surface area contributed by atoms with Crippen molar-refractivity contribution >= 4 is 15.8 Å². The van der Waals surface area contributed by atoms with E-state index in [2.05, 4.69) is 5.10 Å². The Balaban J connectivity index is 2.25. The molecule has 0 spiro atoms. The second-order valence-electron chi connectivity index (χ2n) is 4.85. The van der Waals surface area contributed by atoms with Gasteiger partial charge in [-0.05, 0) is 23.7 Å². The highest BCUT2D eigenvalue weighted by atomic mass is 32.2. The topological polar surface area (TPSA) is 121 Å². The molecule has 0 unspecified atom stereocenters. The molecule has 1 aromatic heterocycles. The van der Waals surface area contributed by atoms with Crippen LogP contribution in [0.4, 0.5) is 5.82 Å². The second kappa shape index (κ2) is 5.25. The largest absolute Gasteiger partial charge is 0.410 e. The summed E-state index contributed by atoms with van der Waals surface area (Å²) in [6, 6.07) is 0. The molecule has 2 rings (SSSR count). The first-order chi connectivity index (χ1) is 8.88. The molecule has 0 aliphatic heterocycles. The highest BCUT2D eigenvalue weighted by Gasteiger charge is 2.29. The van der Waals surface area contributed by atoms with Gasteiger partial charge in [0.05, 0.1) is 17.8 Å². The van der Waals surface area contributed by atoms with E-state index in [1.165, 1.54) is 11.1 Å². The zero-order valence-corrected chi connectivity index (χ0v) is 11.2. The van der Waals surface area contributed by atoms with Gasteiger partial charge in [-0.15, -0.1) is 0 Å². The SMILES string of the molecule is NS(=O)(=O)c1cn(CC2CCCCC2)nc1[N+](=O)[O-]. The minimum atomic E-state index is -4.12. The standard InChI is InChI=1S/C10H16N4O4S/c11-19(17,18)9-7-13(12-10(9)14(15)16)6-8-4-2-1-3-5-8/h7-8H,1-6H2,(H2,11,17,18). The van der Waals surface area contributed by atoms with E-state index in [9.17, 15) is 18.5 Å². The molecule has 1 saturated carbocycles. The van der Waals surface area contributed by atoms with Crippen molar-refractivity contribution in [1.29, 1.82) is 0 Å². The van der Waals surface area contributed by atoms with Crippen molar-refractivity contribution in [2.75, 3.05) is 0 Å². The Kier molecular flexibility index (Phi) is 3.85. The molecular weight excluding hydrogens is 272 g/mol. The van der Waals surface area contributed by atoms with Crippen molar-refractivity contribution < 1.29 is 13.3 Å². The fourth-order valence-corrected chi connectivity index (χ4v) is 3.09. The Bertz CT molecular complexity index is 574. The van der Waals surface area contributed by atoms with Gasteiger partial charge in [-0.3, -0.25) is 0 Å². The number of hydrogen-bond acceptors (Lipinski definition) is 5. The van der Waals surface area contributed by atoms with Gasteiger partial charge in [0.15, 0.2) is 0 Å². The number of sulfonamides is 1. The van der Waals surface area contributed by atoms with Crippen LogP contribution in [0, 0.1) is 16.0 Å². The van der Waals surface area contributed by atoms with Gasteiger partial charge in [0, 0.05) is 0 Å². The van der Waals surface area contributed by atoms with E-state index in [0.717, 1.165) is 31.9 Å². The molecular formula is C10H16N4O4S. The fraction of sp³-hybridized carbons (Fsp3) is 0.700. The van der Waals surface area contributed by atoms with Gasteiger partial charge in [-0.2, -0.15) is 4.68 Å². The zero-order chi connectivity index (χ0) is 14.0. The first-order valence-corrected chi connectivity index (χ1v) is 7.67. The van der Waals surface area contributed by atoms with E-state index in [4.69, 9.17) is 5.14 Å². The summed E-state index contributed by atoms with van der Waals surface area (Å²) in [5.41, 5.74) is 0. The average molecular weight is 288 g/mol. The lowest BCUT2D eigenvalue weighted by Gasteiger charge is -2.19. The van der Waals surface area contributed by atoms with Crippen molar-refractivity contribution in [3.63, 3.8) is 0 Å². The minimum absolute atomic E-state index is 0.390. The summed E-state index contributed by atoms with van der Waals surface area (Å²) in [6.45, 7) is 0.496. The Hall–Kier alpha value is -1.48. The van der Waals surface area contributed by atoms with Gasteiger partial charge in [-0.25, -0.2) is 13.6 Å². The highest BCUT2D eigenvalue weighted by molar-refractivity contribution is 7.89. The van der Waals surface area contributed by atoms with E-state index in [-0.39, 0.29) is 0 Å². The van der Waals surface area contributed by atoms with Crippen molar-refractivity contribution in [1.82, 2.24) is 9.78 Å². The molecule has 8 nitrogen and oxygen atoms in total. The van der Waals surface area contributed by atoms with Crippen LogP contribution in [0.2, 0.25) is 0 Å². The summed E-state index contributed by atoms with van der Waals surface area (Å²) < 4.78 is 23.9. The number of hydrogen-bond donors (Lipinski definition) is 1. The summed E-state index contributed by atoms with van der Waals surface area (Å²) in [4.78, 5) is 9.44. The van der Waals surface area contributed by atoms with Gasteiger partial charge in [0.25, 0.3) is 0 Å². The van der Waals surface area contributed by atoms with Crippen molar-refractivity contribution in [2.24, 2.45) is 11.1 Å². The lowest BCUT2D eigenvalue weighted by Crippen LogP contribution is -2.15. The molecule has 0 radical (unpaired) electrons. The van der Waals surface area contributed by atoms with Crippen LogP contribution in [0.3, 0.4) is 0 Å². The molecule has 0 saturated heterocycles. The third kappa shape index (κ3) is 3.29. The zero-order valence-electron chi connectivity index (χ0n) is 10.4. The third-order valence-corrected chi connectivity index (χ3v) is 4.26. The summed E-state index contributed by atoms with van der Waals surface area (Å²) in [5.74, 6) is -0.306. The van der Waals surface area contributed by atoms with Gasteiger partial charge in [0.1, 0.15) is 0 Å². The quantitative estimate of drug-likeness (QED) is 0.654. The molecule has 2 N–H and O–H groups in total. The van der Waals surface area contributed by atoms with Crippen molar-refractivity contribution in [3.8, 4) is 0 Å². The maximum atomic E-state index is 11.3. The Morgan fingerprint density at radius 3 is 2.53 bits per heavy atom. The number of nitrogens with two attached hydrogens (primary N) is 1. The van der Waals surface area contributed by atoms with E-state index in [1.54, 1.807) is 0 Å². The first kappa shape index (κ1) is 13.9. The summed E-state index contributed by atoms with van der Waals surface area (Å²) in [7, 11) is -4.12. The molecule has 1 aliphatic rings. The Morgan fingerprint density at radius 2 is 2.05 bits per heavy atom. The smallest absolute Gasteiger partial charge is 0.358 e. The molecule has 0 aromatic carbocycles. The third-order valence-electron chi connectivity index (χ3n) is 3.36. The predicted molar refractivity (Wildman–Crippen MR) is 66.8 cm³/mol. The molecule has 1 heterocycles. The minimum Gasteiger partial charge on any atom is -0.358 e. The molecule has 0 amide bonds. The normalized spacial score (nSPS) is 17.5.